The van der Waals surface area contributed by atoms with E-state index in [0.717, 1.165) is 38.4 Å². The van der Waals surface area contributed by atoms with Crippen LogP contribution < -0.4 is 9.64 Å². The zero-order valence-corrected chi connectivity index (χ0v) is 16.8. The van der Waals surface area contributed by atoms with Crippen LogP contribution in [0, 0.1) is 5.92 Å². The molecule has 0 aliphatic carbocycles. The van der Waals surface area contributed by atoms with Gasteiger partial charge >= 0.3 is 0 Å². The van der Waals surface area contributed by atoms with E-state index in [0.29, 0.717) is 12.3 Å². The van der Waals surface area contributed by atoms with Crippen LogP contribution in [0.1, 0.15) is 12.0 Å². The summed E-state index contributed by atoms with van der Waals surface area (Å²) in [5.74, 6) is 0.538. The van der Waals surface area contributed by atoms with Crippen molar-refractivity contribution in [2.45, 2.75) is 13.0 Å². The van der Waals surface area contributed by atoms with Crippen molar-refractivity contribution < 1.29 is 14.3 Å². The smallest absolute Gasteiger partial charge is 0.228 e. The fourth-order valence-electron chi connectivity index (χ4n) is 4.13. The topological polar surface area (TPSA) is 53.1 Å². The lowest BCUT2D eigenvalue weighted by atomic mass is 10.1. The monoisotopic (exact) mass is 393 g/mol. The Bertz CT molecular complexity index is 863. The highest BCUT2D eigenvalue weighted by atomic mass is 16.5. The first-order valence-electron chi connectivity index (χ1n) is 10.1. The molecule has 152 valence electrons. The lowest BCUT2D eigenvalue weighted by Gasteiger charge is -2.36. The second-order valence-corrected chi connectivity index (χ2v) is 7.69. The number of piperazine rings is 1. The fraction of sp³-hybridized carbons (Fsp3) is 0.391. The number of carbonyl (C=O) groups is 2. The Balaban J connectivity index is 1.33. The molecule has 4 rings (SSSR count). The molecule has 1 atom stereocenters. The van der Waals surface area contributed by atoms with Gasteiger partial charge in [0.25, 0.3) is 0 Å². The molecule has 0 radical (unpaired) electrons. The molecule has 2 heterocycles. The van der Waals surface area contributed by atoms with E-state index in [1.54, 1.807) is 12.0 Å². The fourth-order valence-corrected chi connectivity index (χ4v) is 4.13. The van der Waals surface area contributed by atoms with E-state index >= 15 is 0 Å². The molecule has 2 saturated heterocycles. The number of amides is 2. The first-order chi connectivity index (χ1) is 14.1. The van der Waals surface area contributed by atoms with Gasteiger partial charge in [0.15, 0.2) is 0 Å². The van der Waals surface area contributed by atoms with Gasteiger partial charge in [0, 0.05) is 57.4 Å². The molecule has 2 aliphatic heterocycles. The van der Waals surface area contributed by atoms with Crippen LogP contribution >= 0.6 is 0 Å². The molecule has 6 heteroatoms. The normalized spacial score (nSPS) is 20.2. The molecule has 2 aromatic carbocycles. The summed E-state index contributed by atoms with van der Waals surface area (Å²) in [6.45, 7) is 4.51. The lowest BCUT2D eigenvalue weighted by Crippen LogP contribution is -2.50. The Morgan fingerprint density at radius 2 is 1.79 bits per heavy atom. The van der Waals surface area contributed by atoms with Gasteiger partial charge in [0.05, 0.1) is 13.0 Å². The zero-order valence-electron chi connectivity index (χ0n) is 16.8. The van der Waals surface area contributed by atoms with Crippen LogP contribution in [0.4, 0.5) is 5.69 Å². The van der Waals surface area contributed by atoms with Crippen LogP contribution in [0.2, 0.25) is 0 Å². The molecule has 2 aliphatic rings. The van der Waals surface area contributed by atoms with Crippen LogP contribution in [0.15, 0.2) is 54.6 Å². The molecule has 0 N–H and O–H groups in total. The minimum atomic E-state index is -0.269. The molecule has 29 heavy (non-hydrogen) atoms. The summed E-state index contributed by atoms with van der Waals surface area (Å²) >= 11 is 0. The van der Waals surface area contributed by atoms with Crippen molar-refractivity contribution in [3.05, 3.63) is 60.2 Å². The number of nitrogens with zero attached hydrogens (tertiary/aromatic N) is 3. The number of anilines is 1. The summed E-state index contributed by atoms with van der Waals surface area (Å²) in [6.07, 6.45) is 0.278. The van der Waals surface area contributed by atoms with Crippen LogP contribution in [0.3, 0.4) is 0 Å². The van der Waals surface area contributed by atoms with Crippen molar-refractivity contribution in [3.8, 4) is 5.75 Å². The van der Waals surface area contributed by atoms with Crippen molar-refractivity contribution in [1.29, 1.82) is 0 Å². The molecule has 0 bridgehead atoms. The number of methoxy groups -OCH3 is 1. The van der Waals surface area contributed by atoms with Gasteiger partial charge in [-0.3, -0.25) is 14.5 Å². The molecule has 0 aromatic heterocycles. The third-order valence-corrected chi connectivity index (χ3v) is 5.77. The number of hydrogen-bond acceptors (Lipinski definition) is 4. The number of hydrogen-bond donors (Lipinski definition) is 0. The van der Waals surface area contributed by atoms with E-state index in [1.807, 2.05) is 35.2 Å². The van der Waals surface area contributed by atoms with Crippen LogP contribution in [-0.2, 0) is 16.1 Å². The molecule has 2 amide bonds. The van der Waals surface area contributed by atoms with E-state index in [-0.39, 0.29) is 24.2 Å². The number of ether oxygens (including phenoxy) is 1. The summed E-state index contributed by atoms with van der Waals surface area (Å²) in [5.41, 5.74) is 2.08. The highest BCUT2D eigenvalue weighted by Gasteiger charge is 2.38. The van der Waals surface area contributed by atoms with Crippen LogP contribution in [0.25, 0.3) is 0 Å². The van der Waals surface area contributed by atoms with E-state index in [1.165, 1.54) is 5.56 Å². The Morgan fingerprint density at radius 1 is 1.03 bits per heavy atom. The van der Waals surface area contributed by atoms with Gasteiger partial charge in [-0.25, -0.2) is 0 Å². The van der Waals surface area contributed by atoms with Gasteiger partial charge in [0.2, 0.25) is 11.8 Å². The quantitative estimate of drug-likeness (QED) is 0.783. The highest BCUT2D eigenvalue weighted by Crippen LogP contribution is 2.29. The SMILES string of the molecule is COc1cccc(N2C[C@H](C(=O)N3CCN(Cc4ccccc4)CC3)CC2=O)c1. The number of rotatable bonds is 5. The van der Waals surface area contributed by atoms with Gasteiger partial charge in [-0.2, -0.15) is 0 Å². The van der Waals surface area contributed by atoms with E-state index in [2.05, 4.69) is 29.2 Å². The van der Waals surface area contributed by atoms with E-state index < -0.39 is 0 Å². The number of carbonyl (C=O) groups excluding carboxylic acids is 2. The Labute approximate surface area is 171 Å². The molecule has 0 unspecified atom stereocenters. The Kier molecular flexibility index (Phi) is 5.81. The Hall–Kier alpha value is -2.86. The first kappa shape index (κ1) is 19.5. The van der Waals surface area contributed by atoms with E-state index in [9.17, 15) is 9.59 Å². The first-order valence-corrected chi connectivity index (χ1v) is 10.1. The minimum Gasteiger partial charge on any atom is -0.497 e. The highest BCUT2D eigenvalue weighted by molar-refractivity contribution is 6.00. The maximum Gasteiger partial charge on any atom is 0.228 e. The van der Waals surface area contributed by atoms with E-state index in [4.69, 9.17) is 4.74 Å². The van der Waals surface area contributed by atoms with Crippen molar-refractivity contribution in [2.24, 2.45) is 5.92 Å². The van der Waals surface area contributed by atoms with Crippen molar-refractivity contribution in [1.82, 2.24) is 9.80 Å². The lowest BCUT2D eigenvalue weighted by molar-refractivity contribution is -0.137. The Morgan fingerprint density at radius 3 is 2.52 bits per heavy atom. The van der Waals surface area contributed by atoms with Gasteiger partial charge < -0.3 is 14.5 Å². The number of benzene rings is 2. The van der Waals surface area contributed by atoms with Crippen molar-refractivity contribution >= 4 is 17.5 Å². The van der Waals surface area contributed by atoms with Crippen molar-refractivity contribution in [3.63, 3.8) is 0 Å². The minimum absolute atomic E-state index is 0.000633. The average molecular weight is 393 g/mol. The maximum absolute atomic E-state index is 13.0. The van der Waals surface area contributed by atoms with Crippen LogP contribution in [0.5, 0.6) is 5.75 Å². The standard InChI is InChI=1S/C23H27N3O3/c1-29-21-9-5-8-20(15-21)26-17-19(14-22(26)27)23(28)25-12-10-24(11-13-25)16-18-6-3-2-4-7-18/h2-9,15,19H,10-14,16-17H2,1H3/t19-/m1/s1. The largest absolute Gasteiger partial charge is 0.497 e. The summed E-state index contributed by atoms with van der Waals surface area (Å²) in [4.78, 5) is 31.6. The second-order valence-electron chi connectivity index (χ2n) is 7.69. The summed E-state index contributed by atoms with van der Waals surface area (Å²) in [7, 11) is 1.61. The van der Waals surface area contributed by atoms with Gasteiger partial charge in [-0.1, -0.05) is 36.4 Å². The molecule has 0 spiro atoms. The second kappa shape index (κ2) is 8.66. The molecule has 2 aromatic rings. The molecule has 2 fully saturated rings. The third kappa shape index (κ3) is 4.43. The van der Waals surface area contributed by atoms with Gasteiger partial charge in [-0.05, 0) is 17.7 Å². The molecular formula is C23H27N3O3. The van der Waals surface area contributed by atoms with Crippen molar-refractivity contribution in [2.75, 3.05) is 44.7 Å². The zero-order chi connectivity index (χ0) is 20.2. The third-order valence-electron chi connectivity index (χ3n) is 5.77. The predicted octanol–water partition coefficient (Wildman–Crippen LogP) is 2.39. The molecular weight excluding hydrogens is 366 g/mol. The summed E-state index contributed by atoms with van der Waals surface area (Å²) < 4.78 is 5.25. The van der Waals surface area contributed by atoms with Gasteiger partial charge in [-0.15, -0.1) is 0 Å². The molecule has 6 nitrogen and oxygen atoms in total. The molecule has 0 saturated carbocycles. The van der Waals surface area contributed by atoms with Gasteiger partial charge in [0.1, 0.15) is 5.75 Å². The maximum atomic E-state index is 13.0. The predicted molar refractivity (Wildman–Crippen MR) is 112 cm³/mol. The van der Waals surface area contributed by atoms with Crippen LogP contribution in [-0.4, -0.2) is 61.4 Å². The summed E-state index contributed by atoms with van der Waals surface area (Å²) in [6, 6.07) is 17.8. The average Bonchev–Trinajstić information content (AvgIpc) is 3.16. The summed E-state index contributed by atoms with van der Waals surface area (Å²) in [5, 5.41) is 0.